The third kappa shape index (κ3) is 8.73. The van der Waals surface area contributed by atoms with E-state index in [9.17, 15) is 8.42 Å². The lowest BCUT2D eigenvalue weighted by atomic mass is 10.2. The first-order valence-electron chi connectivity index (χ1n) is 3.95. The molecule has 0 saturated heterocycles. The van der Waals surface area contributed by atoms with Crippen molar-refractivity contribution in [3.05, 3.63) is 54.1 Å². The van der Waals surface area contributed by atoms with E-state index in [1.165, 1.54) is 6.08 Å². The van der Waals surface area contributed by atoms with Crippen molar-refractivity contribution >= 4 is 16.2 Å². The second-order valence-electron chi connectivity index (χ2n) is 2.41. The Labute approximate surface area is 88.9 Å². The molecule has 0 atom stereocenters. The van der Waals surface area contributed by atoms with Crippen LogP contribution in [0.2, 0.25) is 0 Å². The molecular formula is C10H12O4S. The summed E-state index contributed by atoms with van der Waals surface area (Å²) >= 11 is 0. The van der Waals surface area contributed by atoms with Crippen molar-refractivity contribution in [2.24, 2.45) is 0 Å². The molecule has 0 fully saturated rings. The highest BCUT2D eigenvalue weighted by molar-refractivity contribution is 7.88. The summed E-state index contributed by atoms with van der Waals surface area (Å²) in [5.74, 6) is 0. The summed E-state index contributed by atoms with van der Waals surface area (Å²) in [5, 5.41) is 8.09. The molecule has 0 aliphatic heterocycles. The molecular weight excluding hydrogens is 216 g/mol. The van der Waals surface area contributed by atoms with E-state index in [4.69, 9.17) is 9.66 Å². The summed E-state index contributed by atoms with van der Waals surface area (Å²) in [4.78, 5) is 0. The predicted molar refractivity (Wildman–Crippen MR) is 59.9 cm³/mol. The van der Waals surface area contributed by atoms with Gasteiger partial charge in [0.25, 0.3) is 10.1 Å². The van der Waals surface area contributed by atoms with Gasteiger partial charge in [-0.2, -0.15) is 8.42 Å². The van der Waals surface area contributed by atoms with Gasteiger partial charge in [0.05, 0.1) is 11.7 Å². The zero-order valence-electron chi connectivity index (χ0n) is 7.95. The highest BCUT2D eigenvalue weighted by Gasteiger charge is 1.94. The molecule has 0 heterocycles. The number of aliphatic hydroxyl groups is 1. The molecule has 4 nitrogen and oxygen atoms in total. The molecule has 0 unspecified atom stereocenters. The Morgan fingerprint density at radius 2 is 1.67 bits per heavy atom. The predicted octanol–water partition coefficient (Wildman–Crippen LogP) is 2.23. The molecule has 0 aromatic heterocycles. The molecule has 5 heteroatoms. The van der Waals surface area contributed by atoms with Gasteiger partial charge in [0.1, 0.15) is 0 Å². The van der Waals surface area contributed by atoms with E-state index in [-0.39, 0.29) is 0 Å². The Kier molecular flexibility index (Phi) is 6.08. The lowest BCUT2D eigenvalue weighted by molar-refractivity contribution is 0.476. The smallest absolute Gasteiger partial charge is 0.287 e. The van der Waals surface area contributed by atoms with Crippen LogP contribution in [-0.2, 0) is 10.1 Å². The van der Waals surface area contributed by atoms with Crippen LogP contribution in [0.1, 0.15) is 5.56 Å². The highest BCUT2D eigenvalue weighted by Crippen LogP contribution is 2.01. The molecule has 15 heavy (non-hydrogen) atoms. The monoisotopic (exact) mass is 228 g/mol. The highest BCUT2D eigenvalue weighted by atomic mass is 32.2. The van der Waals surface area contributed by atoms with Crippen molar-refractivity contribution in [3.63, 3.8) is 0 Å². The standard InChI is InChI=1S/C8H8O3S.C2H4O/c9-12(10,11)7-6-8-4-2-1-3-5-8;1-2-3/h1-7H,(H,9,10,11);2-3H,1H2. The van der Waals surface area contributed by atoms with Crippen molar-refractivity contribution < 1.29 is 18.1 Å². The van der Waals surface area contributed by atoms with Crippen LogP contribution in [0.4, 0.5) is 0 Å². The number of benzene rings is 1. The van der Waals surface area contributed by atoms with Crippen LogP contribution in [-0.4, -0.2) is 18.1 Å². The van der Waals surface area contributed by atoms with E-state index in [2.05, 4.69) is 6.58 Å². The van der Waals surface area contributed by atoms with Crippen LogP contribution in [0.5, 0.6) is 0 Å². The molecule has 0 spiro atoms. The van der Waals surface area contributed by atoms with Crippen LogP contribution >= 0.6 is 0 Å². The van der Waals surface area contributed by atoms with Gasteiger partial charge in [0.15, 0.2) is 0 Å². The fraction of sp³-hybridized carbons (Fsp3) is 0. The SMILES string of the molecule is C=CO.O=S(=O)(O)C=Cc1ccccc1. The summed E-state index contributed by atoms with van der Waals surface area (Å²) in [6.07, 6.45) is 2.08. The van der Waals surface area contributed by atoms with Gasteiger partial charge >= 0.3 is 0 Å². The molecule has 0 amide bonds. The van der Waals surface area contributed by atoms with Gasteiger partial charge in [-0.3, -0.25) is 4.55 Å². The quantitative estimate of drug-likeness (QED) is 0.601. The van der Waals surface area contributed by atoms with E-state index >= 15 is 0 Å². The van der Waals surface area contributed by atoms with E-state index in [0.29, 0.717) is 0 Å². The van der Waals surface area contributed by atoms with Crippen molar-refractivity contribution in [3.8, 4) is 0 Å². The minimum absolute atomic E-state index is 0.732. The maximum Gasteiger partial charge on any atom is 0.287 e. The maximum absolute atomic E-state index is 10.3. The first-order chi connectivity index (χ1) is 6.99. The molecule has 2 N–H and O–H groups in total. The lowest BCUT2D eigenvalue weighted by Crippen LogP contribution is -1.88. The van der Waals surface area contributed by atoms with Gasteiger partial charge < -0.3 is 5.11 Å². The largest absolute Gasteiger partial charge is 0.516 e. The van der Waals surface area contributed by atoms with Crippen LogP contribution in [0.15, 0.2) is 48.6 Å². The third-order valence-corrected chi connectivity index (χ3v) is 1.71. The second kappa shape index (κ2) is 6.80. The second-order valence-corrected chi connectivity index (χ2v) is 3.71. The van der Waals surface area contributed by atoms with Gasteiger partial charge in [-0.05, 0) is 11.6 Å². The fourth-order valence-corrected chi connectivity index (χ4v) is 1.06. The summed E-state index contributed by atoms with van der Waals surface area (Å²) in [6, 6.07) is 8.86. The van der Waals surface area contributed by atoms with Gasteiger partial charge in [-0.1, -0.05) is 36.9 Å². The van der Waals surface area contributed by atoms with E-state index < -0.39 is 10.1 Å². The van der Waals surface area contributed by atoms with Crippen molar-refractivity contribution in [2.75, 3.05) is 0 Å². The number of hydrogen-bond acceptors (Lipinski definition) is 3. The Balaban J connectivity index is 0.000000583. The molecule has 1 rings (SSSR count). The number of rotatable bonds is 2. The number of aliphatic hydroxyl groups excluding tert-OH is 1. The summed E-state index contributed by atoms with van der Waals surface area (Å²) in [7, 11) is -4.00. The summed E-state index contributed by atoms with van der Waals surface area (Å²) < 4.78 is 28.9. The van der Waals surface area contributed by atoms with Gasteiger partial charge in [-0.25, -0.2) is 0 Å². The Morgan fingerprint density at radius 1 is 1.20 bits per heavy atom. The topological polar surface area (TPSA) is 74.6 Å². The molecule has 1 aromatic rings. The molecule has 82 valence electrons. The maximum atomic E-state index is 10.3. The van der Waals surface area contributed by atoms with Crippen LogP contribution < -0.4 is 0 Å². The van der Waals surface area contributed by atoms with Crippen molar-refractivity contribution in [1.29, 1.82) is 0 Å². The minimum atomic E-state index is -4.00. The van der Waals surface area contributed by atoms with Crippen LogP contribution in [0.3, 0.4) is 0 Å². The number of hydrogen-bond donors (Lipinski definition) is 2. The van der Waals surface area contributed by atoms with E-state index in [1.807, 2.05) is 6.07 Å². The van der Waals surface area contributed by atoms with Crippen molar-refractivity contribution in [2.45, 2.75) is 0 Å². The van der Waals surface area contributed by atoms with E-state index in [1.54, 1.807) is 24.3 Å². The normalized spacial score (nSPS) is 10.5. The first kappa shape index (κ1) is 13.4. The summed E-state index contributed by atoms with van der Waals surface area (Å²) in [5.41, 5.74) is 0.732. The van der Waals surface area contributed by atoms with Crippen LogP contribution in [0, 0.1) is 0 Å². The molecule has 0 bridgehead atoms. The Hall–Kier alpha value is -1.59. The van der Waals surface area contributed by atoms with Crippen LogP contribution in [0.25, 0.3) is 6.08 Å². The van der Waals surface area contributed by atoms with Crippen molar-refractivity contribution in [1.82, 2.24) is 0 Å². The minimum Gasteiger partial charge on any atom is -0.516 e. The van der Waals surface area contributed by atoms with E-state index in [0.717, 1.165) is 17.2 Å². The Morgan fingerprint density at radius 3 is 2.07 bits per heavy atom. The molecule has 0 aliphatic rings. The lowest BCUT2D eigenvalue weighted by Gasteiger charge is -1.89. The van der Waals surface area contributed by atoms with Gasteiger partial charge in [0, 0.05) is 0 Å². The molecule has 0 aliphatic carbocycles. The van der Waals surface area contributed by atoms with Gasteiger partial charge in [0.2, 0.25) is 0 Å². The Bertz CT molecular complexity index is 406. The summed E-state index contributed by atoms with van der Waals surface area (Å²) in [6.45, 7) is 2.92. The molecule has 0 radical (unpaired) electrons. The fourth-order valence-electron chi connectivity index (χ4n) is 0.729. The molecule has 1 aromatic carbocycles. The zero-order chi connectivity index (χ0) is 11.7. The van der Waals surface area contributed by atoms with Gasteiger partial charge in [-0.15, -0.1) is 0 Å². The molecule has 0 saturated carbocycles. The first-order valence-corrected chi connectivity index (χ1v) is 5.45. The third-order valence-electron chi connectivity index (χ3n) is 1.23. The average molecular weight is 228 g/mol. The zero-order valence-corrected chi connectivity index (χ0v) is 8.76. The average Bonchev–Trinajstić information content (AvgIpc) is 2.17.